The van der Waals surface area contributed by atoms with Crippen LogP contribution >= 0.6 is 0 Å². The van der Waals surface area contributed by atoms with Crippen LogP contribution in [0.5, 0.6) is 0 Å². The maximum atomic E-state index is 12.7. The first-order valence-corrected chi connectivity index (χ1v) is 7.96. The monoisotopic (exact) mass is 266 g/mol. The van der Waals surface area contributed by atoms with E-state index < -0.39 is 0 Å². The van der Waals surface area contributed by atoms with Crippen molar-refractivity contribution in [3.05, 3.63) is 11.3 Å². The van der Waals surface area contributed by atoms with Crippen molar-refractivity contribution in [1.29, 1.82) is 0 Å². The van der Waals surface area contributed by atoms with Crippen molar-refractivity contribution >= 4 is 5.78 Å². The molecule has 0 spiro atoms. The summed E-state index contributed by atoms with van der Waals surface area (Å²) in [5.74, 6) is 0.772. The Bertz CT molecular complexity index is 323. The molecule has 0 radical (unpaired) electrons. The minimum atomic E-state index is -0.271. The molecule has 1 rings (SSSR count). The summed E-state index contributed by atoms with van der Waals surface area (Å²) in [6.45, 7) is 8.06. The molecule has 0 atom stereocenters. The Balaban J connectivity index is 2.95. The molecule has 1 saturated carbocycles. The summed E-state index contributed by atoms with van der Waals surface area (Å²) in [5.41, 5.74) is 0.352. The fourth-order valence-electron chi connectivity index (χ4n) is 3.43. The van der Waals surface area contributed by atoms with Crippen LogP contribution in [0, 0.1) is 11.3 Å². The summed E-state index contributed by atoms with van der Waals surface area (Å²) >= 11 is 0. The number of carbonyl (C=O) groups excluding carboxylic acids is 1. The smallest absolute Gasteiger partial charge is 0.168 e. The van der Waals surface area contributed by atoms with Crippen LogP contribution in [0.25, 0.3) is 0 Å². The van der Waals surface area contributed by atoms with Crippen molar-refractivity contribution in [3.8, 4) is 0 Å². The number of carbonyl (C=O) groups is 1. The molecule has 2 nitrogen and oxygen atoms in total. The molecule has 0 aliphatic heterocycles. The first-order valence-electron chi connectivity index (χ1n) is 7.96. The number of hydrogen-bond acceptors (Lipinski definition) is 2. The molecule has 0 amide bonds. The standard InChI is InChI=1S/C17H30O2/c1-5-17(6-2,7-3)16(19)13(4)15(18)14-11-9-8-10-12-14/h14,18H,5-12H2,1-4H3/b15-13-. The number of rotatable bonds is 6. The Morgan fingerprint density at radius 2 is 1.53 bits per heavy atom. The normalized spacial score (nSPS) is 19.2. The van der Waals surface area contributed by atoms with Crippen molar-refractivity contribution in [2.24, 2.45) is 11.3 Å². The Morgan fingerprint density at radius 1 is 1.05 bits per heavy atom. The zero-order valence-corrected chi connectivity index (χ0v) is 13.1. The zero-order chi connectivity index (χ0) is 14.5. The van der Waals surface area contributed by atoms with E-state index in [1.165, 1.54) is 19.3 Å². The zero-order valence-electron chi connectivity index (χ0n) is 13.1. The highest BCUT2D eigenvalue weighted by Crippen LogP contribution is 2.37. The first kappa shape index (κ1) is 16.3. The molecule has 110 valence electrons. The van der Waals surface area contributed by atoms with E-state index >= 15 is 0 Å². The van der Waals surface area contributed by atoms with E-state index in [2.05, 4.69) is 20.8 Å². The van der Waals surface area contributed by atoms with Gasteiger partial charge in [-0.05, 0) is 39.0 Å². The molecular formula is C17H30O2. The van der Waals surface area contributed by atoms with Crippen LogP contribution in [0.2, 0.25) is 0 Å². The molecule has 1 aliphatic rings. The molecule has 0 bridgehead atoms. The van der Waals surface area contributed by atoms with Crippen LogP contribution in [0.1, 0.15) is 79.1 Å². The van der Waals surface area contributed by atoms with Gasteiger partial charge >= 0.3 is 0 Å². The van der Waals surface area contributed by atoms with Crippen molar-refractivity contribution in [1.82, 2.24) is 0 Å². The second-order valence-corrected chi connectivity index (χ2v) is 6.02. The largest absolute Gasteiger partial charge is 0.512 e. The Hall–Kier alpha value is -0.790. The van der Waals surface area contributed by atoms with E-state index in [0.29, 0.717) is 11.3 Å². The van der Waals surface area contributed by atoms with Crippen LogP contribution in [0.4, 0.5) is 0 Å². The van der Waals surface area contributed by atoms with Gasteiger partial charge in [0.15, 0.2) is 5.78 Å². The molecule has 0 heterocycles. The molecular weight excluding hydrogens is 236 g/mol. The third kappa shape index (κ3) is 3.40. The average Bonchev–Trinajstić information content (AvgIpc) is 2.48. The number of ketones is 1. The lowest BCUT2D eigenvalue weighted by Gasteiger charge is -2.30. The predicted molar refractivity (Wildman–Crippen MR) is 80.2 cm³/mol. The molecule has 1 aliphatic carbocycles. The van der Waals surface area contributed by atoms with Crippen LogP contribution in [0.3, 0.4) is 0 Å². The maximum Gasteiger partial charge on any atom is 0.168 e. The lowest BCUT2D eigenvalue weighted by Crippen LogP contribution is -2.31. The first-order chi connectivity index (χ1) is 9.02. The van der Waals surface area contributed by atoms with Gasteiger partial charge in [-0.2, -0.15) is 0 Å². The van der Waals surface area contributed by atoms with Gasteiger partial charge in [-0.25, -0.2) is 0 Å². The van der Waals surface area contributed by atoms with Gasteiger partial charge in [0.1, 0.15) is 5.76 Å². The van der Waals surface area contributed by atoms with Gasteiger partial charge in [-0.1, -0.05) is 40.0 Å². The molecule has 0 unspecified atom stereocenters. The van der Waals surface area contributed by atoms with Gasteiger partial charge in [0, 0.05) is 16.9 Å². The van der Waals surface area contributed by atoms with Gasteiger partial charge in [-0.15, -0.1) is 0 Å². The molecule has 0 aromatic rings. The molecule has 0 aromatic heterocycles. The minimum Gasteiger partial charge on any atom is -0.512 e. The molecule has 19 heavy (non-hydrogen) atoms. The summed E-state index contributed by atoms with van der Waals surface area (Å²) in [6.07, 6.45) is 8.25. The lowest BCUT2D eigenvalue weighted by atomic mass is 9.72. The number of aliphatic hydroxyl groups is 1. The topological polar surface area (TPSA) is 37.3 Å². The third-order valence-electron chi connectivity index (χ3n) is 5.23. The Kier molecular flexibility index (Phi) is 6.09. The van der Waals surface area contributed by atoms with Crippen molar-refractivity contribution in [2.75, 3.05) is 0 Å². The SMILES string of the molecule is CCC(CC)(CC)C(=O)/C(C)=C(\O)C1CCCCC1. The van der Waals surface area contributed by atoms with E-state index in [1.54, 1.807) is 0 Å². The minimum absolute atomic E-state index is 0.170. The quantitative estimate of drug-likeness (QED) is 0.531. The average molecular weight is 266 g/mol. The highest BCUT2D eigenvalue weighted by atomic mass is 16.3. The summed E-state index contributed by atoms with van der Waals surface area (Å²) in [6, 6.07) is 0. The van der Waals surface area contributed by atoms with E-state index in [1.807, 2.05) is 6.92 Å². The van der Waals surface area contributed by atoms with E-state index in [0.717, 1.165) is 32.1 Å². The summed E-state index contributed by atoms with van der Waals surface area (Å²) in [4.78, 5) is 12.7. The number of hydrogen-bond donors (Lipinski definition) is 1. The molecule has 1 fully saturated rings. The van der Waals surface area contributed by atoms with Gasteiger partial charge < -0.3 is 5.11 Å². The maximum absolute atomic E-state index is 12.7. The van der Waals surface area contributed by atoms with Crippen LogP contribution in [-0.2, 0) is 4.79 Å². The Labute approximate surface area is 118 Å². The number of Topliss-reactive ketones (excluding diaryl/α,β-unsaturated/α-hetero) is 1. The summed E-state index contributed by atoms with van der Waals surface area (Å²) < 4.78 is 0. The molecule has 1 N–H and O–H groups in total. The van der Waals surface area contributed by atoms with Crippen molar-refractivity contribution in [2.45, 2.75) is 79.1 Å². The van der Waals surface area contributed by atoms with E-state index in [9.17, 15) is 9.90 Å². The van der Waals surface area contributed by atoms with E-state index in [-0.39, 0.29) is 17.1 Å². The predicted octanol–water partition coefficient (Wildman–Crippen LogP) is 5.18. The van der Waals surface area contributed by atoms with Gasteiger partial charge in [0.2, 0.25) is 0 Å². The third-order valence-corrected chi connectivity index (χ3v) is 5.23. The van der Waals surface area contributed by atoms with E-state index in [4.69, 9.17) is 0 Å². The second kappa shape index (κ2) is 7.12. The molecule has 0 aromatic carbocycles. The highest BCUT2D eigenvalue weighted by molar-refractivity contribution is 5.99. The summed E-state index contributed by atoms with van der Waals surface area (Å²) in [5, 5.41) is 10.4. The fraction of sp³-hybridized carbons (Fsp3) is 0.824. The highest BCUT2D eigenvalue weighted by Gasteiger charge is 2.35. The van der Waals surface area contributed by atoms with Crippen molar-refractivity contribution < 1.29 is 9.90 Å². The Morgan fingerprint density at radius 3 is 1.95 bits per heavy atom. The lowest BCUT2D eigenvalue weighted by molar-refractivity contribution is -0.125. The van der Waals surface area contributed by atoms with Gasteiger partial charge in [0.25, 0.3) is 0 Å². The van der Waals surface area contributed by atoms with Crippen molar-refractivity contribution in [3.63, 3.8) is 0 Å². The summed E-state index contributed by atoms with van der Waals surface area (Å²) in [7, 11) is 0. The van der Waals surface area contributed by atoms with Crippen LogP contribution in [0.15, 0.2) is 11.3 Å². The number of aliphatic hydroxyl groups excluding tert-OH is 1. The van der Waals surface area contributed by atoms with Crippen LogP contribution in [-0.4, -0.2) is 10.9 Å². The van der Waals surface area contributed by atoms with Gasteiger partial charge in [0.05, 0.1) is 0 Å². The number of allylic oxidation sites excluding steroid dienone is 2. The van der Waals surface area contributed by atoms with Gasteiger partial charge in [-0.3, -0.25) is 4.79 Å². The van der Waals surface area contributed by atoms with Crippen LogP contribution < -0.4 is 0 Å². The molecule has 2 heteroatoms. The second-order valence-electron chi connectivity index (χ2n) is 6.02. The fourth-order valence-corrected chi connectivity index (χ4v) is 3.43. The molecule has 0 saturated heterocycles.